The van der Waals surface area contributed by atoms with Crippen LogP contribution >= 0.6 is 0 Å². The second-order valence-corrected chi connectivity index (χ2v) is 5.19. The van der Waals surface area contributed by atoms with Crippen LogP contribution < -0.4 is 15.5 Å². The van der Waals surface area contributed by atoms with Crippen molar-refractivity contribution in [2.24, 2.45) is 0 Å². The second-order valence-electron chi connectivity index (χ2n) is 5.19. The van der Waals surface area contributed by atoms with E-state index in [0.29, 0.717) is 5.57 Å². The van der Waals surface area contributed by atoms with E-state index in [1.807, 2.05) is 30.9 Å². The summed E-state index contributed by atoms with van der Waals surface area (Å²) in [6.45, 7) is 3.74. The molecule has 23 heavy (non-hydrogen) atoms. The summed E-state index contributed by atoms with van der Waals surface area (Å²) in [5, 5.41) is 4.16. The lowest BCUT2D eigenvalue weighted by Crippen LogP contribution is -2.51. The van der Waals surface area contributed by atoms with Gasteiger partial charge in [-0.15, -0.1) is 0 Å². The van der Waals surface area contributed by atoms with Crippen molar-refractivity contribution in [3.63, 3.8) is 0 Å². The number of hydrogen-bond donors (Lipinski definition) is 2. The van der Waals surface area contributed by atoms with Crippen LogP contribution in [0.4, 0.5) is 10.5 Å². The van der Waals surface area contributed by atoms with Gasteiger partial charge in [0.15, 0.2) is 0 Å². The number of allylic oxidation sites excluding steroid dienone is 5. The maximum absolute atomic E-state index is 11.9. The lowest BCUT2D eigenvalue weighted by molar-refractivity contribution is -0.124. The minimum absolute atomic E-state index is 0.0749. The summed E-state index contributed by atoms with van der Waals surface area (Å²) in [7, 11) is 0. The van der Waals surface area contributed by atoms with Gasteiger partial charge in [0.05, 0.1) is 11.9 Å². The van der Waals surface area contributed by atoms with E-state index in [0.717, 1.165) is 17.1 Å². The topological polar surface area (TPSA) is 91.4 Å². The molecule has 1 saturated heterocycles. The molecule has 7 nitrogen and oxygen atoms in total. The Morgan fingerprint density at radius 2 is 1.61 bits per heavy atom. The number of carbonyl (C=O) groups excluding carboxylic acids is 3. The Labute approximate surface area is 132 Å². The zero-order chi connectivity index (χ0) is 16.6. The van der Waals surface area contributed by atoms with E-state index in [1.165, 1.54) is 0 Å². The molecule has 1 aromatic rings. The molecule has 0 spiro atoms. The number of aromatic nitrogens is 1. The molecule has 0 unspecified atom stereocenters. The van der Waals surface area contributed by atoms with Crippen molar-refractivity contribution in [2.45, 2.75) is 13.8 Å². The summed E-state index contributed by atoms with van der Waals surface area (Å²) >= 11 is 0. The number of nitrogens with one attached hydrogen (secondary N) is 2. The Kier molecular flexibility index (Phi) is 3.53. The molecule has 0 radical (unpaired) electrons. The van der Waals surface area contributed by atoms with Gasteiger partial charge in [-0.05, 0) is 43.7 Å². The molecule has 3 rings (SSSR count). The molecule has 2 N–H and O–H groups in total. The number of hydrogen-bond acceptors (Lipinski definition) is 5. The molecule has 0 aromatic carbocycles. The molecule has 0 aliphatic carbocycles. The zero-order valence-electron chi connectivity index (χ0n) is 12.6. The average molecular weight is 310 g/mol. The summed E-state index contributed by atoms with van der Waals surface area (Å²) in [5.74, 6) is -1.40. The van der Waals surface area contributed by atoms with Crippen LogP contribution in [0, 0.1) is 0 Å². The molecular formula is C16H14N4O3. The molecule has 0 atom stereocenters. The smallest absolute Gasteiger partial charge is 0.317 e. The standard InChI is InChI=1S/C16H14N4O3/c1-9-6-11(13-14(21)18-16(23)19-15(13)22)7-10(2)20(9)12-4-3-5-17-8-12/h3-8H,1-2H3,(H2,18,19,21,22,23). The van der Waals surface area contributed by atoms with Crippen molar-refractivity contribution >= 4 is 23.5 Å². The molecule has 1 aromatic heterocycles. The summed E-state index contributed by atoms with van der Waals surface area (Å²) in [4.78, 5) is 41.1. The first kappa shape index (κ1) is 14.7. The molecule has 7 heteroatoms. The third-order valence-corrected chi connectivity index (χ3v) is 3.54. The van der Waals surface area contributed by atoms with Gasteiger partial charge in [0.25, 0.3) is 11.8 Å². The van der Waals surface area contributed by atoms with Crippen molar-refractivity contribution < 1.29 is 14.4 Å². The van der Waals surface area contributed by atoms with Gasteiger partial charge in [0.1, 0.15) is 5.57 Å². The minimum Gasteiger partial charge on any atom is -0.317 e. The van der Waals surface area contributed by atoms with Gasteiger partial charge >= 0.3 is 6.03 Å². The molecule has 1 fully saturated rings. The highest BCUT2D eigenvalue weighted by Crippen LogP contribution is 2.30. The van der Waals surface area contributed by atoms with Crippen molar-refractivity contribution in [3.8, 4) is 0 Å². The maximum atomic E-state index is 11.9. The van der Waals surface area contributed by atoms with E-state index in [9.17, 15) is 14.4 Å². The third kappa shape index (κ3) is 2.64. The van der Waals surface area contributed by atoms with E-state index in [-0.39, 0.29) is 5.57 Å². The molecule has 3 heterocycles. The number of carbonyl (C=O) groups is 3. The first-order valence-corrected chi connectivity index (χ1v) is 6.95. The summed E-state index contributed by atoms with van der Waals surface area (Å²) < 4.78 is 0. The van der Waals surface area contributed by atoms with E-state index in [4.69, 9.17) is 0 Å². The first-order valence-electron chi connectivity index (χ1n) is 6.95. The Morgan fingerprint density at radius 1 is 1.00 bits per heavy atom. The largest absolute Gasteiger partial charge is 0.328 e. The summed E-state index contributed by atoms with van der Waals surface area (Å²) in [6, 6.07) is 2.94. The van der Waals surface area contributed by atoms with Crippen LogP contribution in [0.25, 0.3) is 0 Å². The van der Waals surface area contributed by atoms with Crippen LogP contribution in [-0.2, 0) is 9.59 Å². The van der Waals surface area contributed by atoms with Gasteiger partial charge in [-0.3, -0.25) is 25.2 Å². The monoisotopic (exact) mass is 310 g/mol. The Balaban J connectivity index is 2.04. The van der Waals surface area contributed by atoms with E-state index in [1.54, 1.807) is 24.5 Å². The zero-order valence-corrected chi connectivity index (χ0v) is 12.6. The Hall–Kier alpha value is -3.22. The minimum atomic E-state index is -0.807. The van der Waals surface area contributed by atoms with Crippen molar-refractivity contribution in [1.29, 1.82) is 0 Å². The fourth-order valence-corrected chi connectivity index (χ4v) is 2.66. The number of urea groups is 1. The number of pyridine rings is 1. The fourth-order valence-electron chi connectivity index (χ4n) is 2.66. The number of amides is 4. The molecule has 4 amide bonds. The quantitative estimate of drug-likeness (QED) is 0.604. The number of rotatable bonds is 1. The van der Waals surface area contributed by atoms with Gasteiger partial charge in [-0.25, -0.2) is 4.79 Å². The summed E-state index contributed by atoms with van der Waals surface area (Å²) in [6.07, 6.45) is 6.87. The van der Waals surface area contributed by atoms with Gasteiger partial charge < -0.3 is 4.90 Å². The van der Waals surface area contributed by atoms with Gasteiger partial charge in [0.2, 0.25) is 0 Å². The molecular weight excluding hydrogens is 296 g/mol. The predicted molar refractivity (Wildman–Crippen MR) is 82.9 cm³/mol. The predicted octanol–water partition coefficient (Wildman–Crippen LogP) is 1.37. The molecule has 0 bridgehead atoms. The van der Waals surface area contributed by atoms with Crippen molar-refractivity contribution in [1.82, 2.24) is 15.6 Å². The van der Waals surface area contributed by atoms with Crippen LogP contribution in [-0.4, -0.2) is 22.8 Å². The normalized spacial score (nSPS) is 18.3. The van der Waals surface area contributed by atoms with Crippen LogP contribution in [0.2, 0.25) is 0 Å². The van der Waals surface area contributed by atoms with Gasteiger partial charge in [-0.2, -0.15) is 0 Å². The summed E-state index contributed by atoms with van der Waals surface area (Å²) in [5.41, 5.74) is 2.93. The lowest BCUT2D eigenvalue weighted by Gasteiger charge is -2.30. The van der Waals surface area contributed by atoms with Crippen LogP contribution in [0.1, 0.15) is 13.8 Å². The third-order valence-electron chi connectivity index (χ3n) is 3.54. The number of nitrogens with zero attached hydrogens (tertiary/aromatic N) is 2. The number of imide groups is 2. The Bertz CT molecular complexity index is 762. The number of barbiturate groups is 1. The molecule has 116 valence electrons. The Morgan fingerprint density at radius 3 is 2.13 bits per heavy atom. The first-order chi connectivity index (χ1) is 11.0. The highest BCUT2D eigenvalue weighted by Gasteiger charge is 2.31. The second kappa shape index (κ2) is 5.53. The average Bonchev–Trinajstić information content (AvgIpc) is 2.46. The molecule has 0 saturated carbocycles. The van der Waals surface area contributed by atoms with Gasteiger partial charge in [-0.1, -0.05) is 0 Å². The van der Waals surface area contributed by atoms with Crippen LogP contribution in [0.5, 0.6) is 0 Å². The maximum Gasteiger partial charge on any atom is 0.328 e. The van der Waals surface area contributed by atoms with E-state index in [2.05, 4.69) is 15.6 Å². The molecule has 2 aliphatic heterocycles. The fraction of sp³-hybridized carbons (Fsp3) is 0.125. The molecule has 2 aliphatic rings. The van der Waals surface area contributed by atoms with Crippen molar-refractivity contribution in [2.75, 3.05) is 4.90 Å². The lowest BCUT2D eigenvalue weighted by atomic mass is 9.99. The van der Waals surface area contributed by atoms with E-state index < -0.39 is 17.8 Å². The van der Waals surface area contributed by atoms with E-state index >= 15 is 0 Å². The highest BCUT2D eigenvalue weighted by molar-refractivity contribution is 6.29. The van der Waals surface area contributed by atoms with Crippen LogP contribution in [0.15, 0.2) is 59.2 Å². The van der Waals surface area contributed by atoms with Crippen LogP contribution in [0.3, 0.4) is 0 Å². The highest BCUT2D eigenvalue weighted by atomic mass is 16.2. The SMILES string of the molecule is CC1=CC(=C2C(=O)NC(=O)NC2=O)C=C(C)N1c1cccnc1. The van der Waals surface area contributed by atoms with Crippen molar-refractivity contribution in [3.05, 3.63) is 59.2 Å². The van der Waals surface area contributed by atoms with Gasteiger partial charge in [0, 0.05) is 17.6 Å². The number of anilines is 1.